The number of aromatic nitrogens is 1. The van der Waals surface area contributed by atoms with Gasteiger partial charge in [-0.15, -0.1) is 0 Å². The third kappa shape index (κ3) is 3.07. The lowest BCUT2D eigenvalue weighted by Gasteiger charge is -2.11. The fraction of sp³-hybridized carbons (Fsp3) is 0.357. The Labute approximate surface area is 112 Å². The number of phenolic OH excluding ortho intramolecular Hbond substituents is 1. The number of phenols is 1. The molecule has 1 aromatic carbocycles. The van der Waals surface area contributed by atoms with Gasteiger partial charge in [-0.2, -0.15) is 11.8 Å². The van der Waals surface area contributed by atoms with Gasteiger partial charge in [-0.3, -0.25) is 0 Å². The second kappa shape index (κ2) is 5.96. The van der Waals surface area contributed by atoms with Crippen LogP contribution >= 0.6 is 11.8 Å². The third-order valence-corrected chi connectivity index (χ3v) is 4.04. The Morgan fingerprint density at radius 1 is 1.39 bits per heavy atom. The standard InChI is InChI=1S/C14H18N2OS/c1-10(18-2)5-7-15-14-13-9-12(17)4-3-11(13)6-8-16-14/h3-4,6,8-10,17H,5,7H2,1-2H3,(H,15,16). The number of aromatic hydroxyl groups is 1. The second-order valence-corrected chi connectivity index (χ2v) is 5.60. The number of nitrogens with one attached hydrogen (secondary N) is 1. The first-order chi connectivity index (χ1) is 8.70. The summed E-state index contributed by atoms with van der Waals surface area (Å²) in [5.74, 6) is 1.12. The molecular weight excluding hydrogens is 244 g/mol. The summed E-state index contributed by atoms with van der Waals surface area (Å²) < 4.78 is 0. The molecule has 0 saturated heterocycles. The van der Waals surface area contributed by atoms with Gasteiger partial charge in [0, 0.05) is 23.4 Å². The lowest BCUT2D eigenvalue weighted by molar-refractivity contribution is 0.476. The number of thioether (sulfide) groups is 1. The minimum atomic E-state index is 0.274. The van der Waals surface area contributed by atoms with Crippen molar-refractivity contribution in [1.82, 2.24) is 4.98 Å². The Morgan fingerprint density at radius 2 is 2.22 bits per heavy atom. The number of pyridine rings is 1. The molecular formula is C14H18N2OS. The van der Waals surface area contributed by atoms with E-state index in [0.717, 1.165) is 29.6 Å². The fourth-order valence-corrected chi connectivity index (χ4v) is 2.16. The van der Waals surface area contributed by atoms with E-state index in [1.165, 1.54) is 0 Å². The first kappa shape index (κ1) is 13.0. The molecule has 18 heavy (non-hydrogen) atoms. The topological polar surface area (TPSA) is 45.2 Å². The number of nitrogens with zero attached hydrogens (tertiary/aromatic N) is 1. The zero-order valence-electron chi connectivity index (χ0n) is 10.7. The Hall–Kier alpha value is -1.42. The van der Waals surface area contributed by atoms with Gasteiger partial charge < -0.3 is 10.4 Å². The molecule has 0 amide bonds. The highest BCUT2D eigenvalue weighted by molar-refractivity contribution is 7.99. The van der Waals surface area contributed by atoms with Gasteiger partial charge in [-0.1, -0.05) is 13.0 Å². The molecule has 0 aliphatic carbocycles. The maximum atomic E-state index is 9.55. The van der Waals surface area contributed by atoms with E-state index >= 15 is 0 Å². The number of anilines is 1. The van der Waals surface area contributed by atoms with Crippen LogP contribution in [-0.2, 0) is 0 Å². The Morgan fingerprint density at radius 3 is 3.00 bits per heavy atom. The molecule has 1 unspecified atom stereocenters. The summed E-state index contributed by atoms with van der Waals surface area (Å²) in [7, 11) is 0. The molecule has 0 saturated carbocycles. The van der Waals surface area contributed by atoms with Crippen molar-refractivity contribution in [2.75, 3.05) is 18.1 Å². The summed E-state index contributed by atoms with van der Waals surface area (Å²) in [6, 6.07) is 7.30. The van der Waals surface area contributed by atoms with Crippen molar-refractivity contribution in [1.29, 1.82) is 0 Å². The summed E-state index contributed by atoms with van der Waals surface area (Å²) in [6.45, 7) is 3.11. The number of benzene rings is 1. The lowest BCUT2D eigenvalue weighted by atomic mass is 10.1. The van der Waals surface area contributed by atoms with Crippen LogP contribution in [0.5, 0.6) is 5.75 Å². The van der Waals surface area contributed by atoms with Gasteiger partial charge >= 0.3 is 0 Å². The minimum absolute atomic E-state index is 0.274. The van der Waals surface area contributed by atoms with Crippen LogP contribution in [0.3, 0.4) is 0 Å². The van der Waals surface area contributed by atoms with E-state index in [4.69, 9.17) is 0 Å². The average molecular weight is 262 g/mol. The van der Waals surface area contributed by atoms with E-state index < -0.39 is 0 Å². The van der Waals surface area contributed by atoms with Crippen molar-refractivity contribution in [3.8, 4) is 5.75 Å². The summed E-state index contributed by atoms with van der Waals surface area (Å²) in [6.07, 6.45) is 5.01. The fourth-order valence-electron chi connectivity index (χ4n) is 1.81. The quantitative estimate of drug-likeness (QED) is 0.865. The van der Waals surface area contributed by atoms with Gasteiger partial charge in [-0.05, 0) is 36.3 Å². The molecule has 0 bridgehead atoms. The van der Waals surface area contributed by atoms with Crippen LogP contribution in [0.4, 0.5) is 5.82 Å². The van der Waals surface area contributed by atoms with Crippen molar-refractivity contribution in [3.05, 3.63) is 30.5 Å². The van der Waals surface area contributed by atoms with Gasteiger partial charge in [0.1, 0.15) is 11.6 Å². The molecule has 0 fully saturated rings. The molecule has 0 spiro atoms. The van der Waals surface area contributed by atoms with Gasteiger partial charge in [-0.25, -0.2) is 4.98 Å². The summed E-state index contributed by atoms with van der Waals surface area (Å²) in [5.41, 5.74) is 0. The van der Waals surface area contributed by atoms with Crippen LogP contribution in [0.1, 0.15) is 13.3 Å². The Balaban J connectivity index is 2.15. The molecule has 1 atom stereocenters. The van der Waals surface area contributed by atoms with Crippen LogP contribution in [0.25, 0.3) is 10.8 Å². The smallest absolute Gasteiger partial charge is 0.133 e. The predicted molar refractivity (Wildman–Crippen MR) is 79.5 cm³/mol. The number of rotatable bonds is 5. The van der Waals surface area contributed by atoms with Gasteiger partial charge in [0.05, 0.1) is 0 Å². The maximum Gasteiger partial charge on any atom is 0.133 e. The third-order valence-electron chi connectivity index (χ3n) is 3.00. The van der Waals surface area contributed by atoms with Crippen molar-refractivity contribution >= 4 is 28.4 Å². The molecule has 96 valence electrons. The van der Waals surface area contributed by atoms with Crippen LogP contribution < -0.4 is 5.32 Å². The van der Waals surface area contributed by atoms with E-state index in [0.29, 0.717) is 5.25 Å². The van der Waals surface area contributed by atoms with Crippen LogP contribution in [0, 0.1) is 0 Å². The normalized spacial score (nSPS) is 12.6. The molecule has 3 nitrogen and oxygen atoms in total. The summed E-state index contributed by atoms with van der Waals surface area (Å²) in [5, 5.41) is 15.6. The van der Waals surface area contributed by atoms with Gasteiger partial charge in [0.25, 0.3) is 0 Å². The Kier molecular flexibility index (Phi) is 4.31. The highest BCUT2D eigenvalue weighted by atomic mass is 32.2. The molecule has 2 aromatic rings. The Bertz CT molecular complexity index is 530. The van der Waals surface area contributed by atoms with Crippen molar-refractivity contribution in [2.45, 2.75) is 18.6 Å². The number of hydrogen-bond acceptors (Lipinski definition) is 4. The summed E-state index contributed by atoms with van der Waals surface area (Å²) >= 11 is 1.87. The van der Waals surface area contributed by atoms with E-state index in [9.17, 15) is 5.11 Å². The molecule has 1 heterocycles. The minimum Gasteiger partial charge on any atom is -0.508 e. The first-order valence-corrected chi connectivity index (χ1v) is 7.34. The predicted octanol–water partition coefficient (Wildman–Crippen LogP) is 3.49. The molecule has 2 rings (SSSR count). The van der Waals surface area contributed by atoms with Crippen molar-refractivity contribution in [3.63, 3.8) is 0 Å². The molecule has 1 aromatic heterocycles. The number of hydrogen-bond donors (Lipinski definition) is 2. The lowest BCUT2D eigenvalue weighted by Crippen LogP contribution is -2.08. The molecule has 0 aliphatic rings. The van der Waals surface area contributed by atoms with Crippen LogP contribution in [0.2, 0.25) is 0 Å². The average Bonchev–Trinajstić information content (AvgIpc) is 2.39. The zero-order chi connectivity index (χ0) is 13.0. The number of fused-ring (bicyclic) bond motifs is 1. The first-order valence-electron chi connectivity index (χ1n) is 6.05. The molecule has 0 radical (unpaired) electrons. The highest BCUT2D eigenvalue weighted by Crippen LogP contribution is 2.25. The van der Waals surface area contributed by atoms with E-state index in [1.54, 1.807) is 18.3 Å². The van der Waals surface area contributed by atoms with Crippen molar-refractivity contribution < 1.29 is 5.11 Å². The van der Waals surface area contributed by atoms with E-state index in [1.807, 2.05) is 23.9 Å². The van der Waals surface area contributed by atoms with E-state index in [2.05, 4.69) is 23.5 Å². The van der Waals surface area contributed by atoms with Gasteiger partial charge in [0.15, 0.2) is 0 Å². The second-order valence-electron chi connectivity index (χ2n) is 4.33. The van der Waals surface area contributed by atoms with Gasteiger partial charge in [0.2, 0.25) is 0 Å². The van der Waals surface area contributed by atoms with Crippen LogP contribution in [0.15, 0.2) is 30.5 Å². The molecule has 4 heteroatoms. The highest BCUT2D eigenvalue weighted by Gasteiger charge is 2.04. The van der Waals surface area contributed by atoms with E-state index in [-0.39, 0.29) is 5.75 Å². The van der Waals surface area contributed by atoms with Crippen molar-refractivity contribution in [2.24, 2.45) is 0 Å². The maximum absolute atomic E-state index is 9.55. The van der Waals surface area contributed by atoms with Crippen LogP contribution in [-0.4, -0.2) is 28.1 Å². The SMILES string of the molecule is CSC(C)CCNc1nccc2ccc(O)cc12. The monoisotopic (exact) mass is 262 g/mol. The summed E-state index contributed by atoms with van der Waals surface area (Å²) in [4.78, 5) is 4.34. The molecule has 0 aliphatic heterocycles. The zero-order valence-corrected chi connectivity index (χ0v) is 11.5. The molecule has 2 N–H and O–H groups in total. The largest absolute Gasteiger partial charge is 0.508 e.